The molecule has 1 saturated heterocycles. The fourth-order valence-corrected chi connectivity index (χ4v) is 6.26. The molecule has 204 valence electrons. The van der Waals surface area contributed by atoms with Crippen LogP contribution in [0.15, 0.2) is 41.3 Å². The topological polar surface area (TPSA) is 79.5 Å². The molecule has 6 nitrogen and oxygen atoms in total. The molecule has 0 aliphatic carbocycles. The normalized spacial score (nSPS) is 14.7. The number of ether oxygens (including phenoxy) is 1. The first-order valence-electron chi connectivity index (χ1n) is 12.2. The number of anilines is 2. The first-order valence-corrected chi connectivity index (χ1v) is 14.9. The van der Waals surface area contributed by atoms with Crippen molar-refractivity contribution in [1.29, 1.82) is 0 Å². The molecule has 2 heterocycles. The Hall–Kier alpha value is -2.94. The van der Waals surface area contributed by atoms with Gasteiger partial charge in [0.1, 0.15) is 5.75 Å². The molecule has 0 bridgehead atoms. The third-order valence-corrected chi connectivity index (χ3v) is 8.71. The highest BCUT2D eigenvalue weighted by molar-refractivity contribution is 7.90. The van der Waals surface area contributed by atoms with Gasteiger partial charge >= 0.3 is 6.18 Å². The molecule has 0 unspecified atom stereocenters. The Morgan fingerprint density at radius 1 is 1.13 bits per heavy atom. The van der Waals surface area contributed by atoms with Crippen molar-refractivity contribution in [2.75, 3.05) is 50.2 Å². The number of methoxy groups -OCH3 is 1. The monoisotopic (exact) mass is 565 g/mol. The van der Waals surface area contributed by atoms with Crippen LogP contribution < -0.4 is 20.7 Å². The van der Waals surface area contributed by atoms with E-state index in [0.717, 1.165) is 49.1 Å². The van der Waals surface area contributed by atoms with Crippen molar-refractivity contribution in [2.24, 2.45) is 5.92 Å². The Balaban J connectivity index is 1.57. The maximum atomic E-state index is 13.5. The second-order valence-electron chi connectivity index (χ2n) is 9.25. The summed E-state index contributed by atoms with van der Waals surface area (Å²) in [6.07, 6.45) is -2.17. The summed E-state index contributed by atoms with van der Waals surface area (Å²) in [5, 5.41) is 10.4. The van der Waals surface area contributed by atoms with Gasteiger partial charge < -0.3 is 20.7 Å². The van der Waals surface area contributed by atoms with Crippen molar-refractivity contribution in [1.82, 2.24) is 5.32 Å². The number of alkyl halides is 3. The second kappa shape index (κ2) is 11.8. The average Bonchev–Trinajstić information content (AvgIpc) is 3.21. The summed E-state index contributed by atoms with van der Waals surface area (Å²) >= 11 is 1.27. The number of hydrogen-bond acceptors (Lipinski definition) is 7. The Labute approximate surface area is 224 Å². The Kier molecular flexibility index (Phi) is 8.75. The van der Waals surface area contributed by atoms with E-state index in [9.17, 15) is 21.6 Å². The van der Waals surface area contributed by atoms with Gasteiger partial charge in [-0.3, -0.25) is 0 Å². The van der Waals surface area contributed by atoms with Gasteiger partial charge in [0.2, 0.25) is 0 Å². The zero-order valence-corrected chi connectivity index (χ0v) is 22.8. The van der Waals surface area contributed by atoms with Crippen molar-refractivity contribution < 1.29 is 26.3 Å². The molecule has 1 aliphatic heterocycles. The lowest BCUT2D eigenvalue weighted by Crippen LogP contribution is -2.31. The van der Waals surface area contributed by atoms with Crippen LogP contribution in [0.2, 0.25) is 0 Å². The molecule has 1 aromatic heterocycles. The number of halogens is 3. The lowest BCUT2D eigenvalue weighted by Gasteiger charge is -2.23. The SMILES string of the molecule is COc1cc(S(C)(=O)=O)ccc1NCC#Cc1sc2c(NCC3CCNCC3)cccc2c1CC(F)(F)F. The fraction of sp³-hybridized carbons (Fsp3) is 0.407. The third kappa shape index (κ3) is 7.12. The second-order valence-corrected chi connectivity index (χ2v) is 12.3. The van der Waals surface area contributed by atoms with Gasteiger partial charge in [-0.1, -0.05) is 24.0 Å². The van der Waals surface area contributed by atoms with Gasteiger partial charge in [0.05, 0.1) is 45.9 Å². The highest BCUT2D eigenvalue weighted by Crippen LogP contribution is 2.39. The maximum Gasteiger partial charge on any atom is 0.393 e. The Morgan fingerprint density at radius 2 is 1.89 bits per heavy atom. The van der Waals surface area contributed by atoms with Crippen molar-refractivity contribution in [2.45, 2.75) is 30.3 Å². The number of rotatable bonds is 8. The van der Waals surface area contributed by atoms with Gasteiger partial charge in [-0.05, 0) is 61.0 Å². The van der Waals surface area contributed by atoms with Crippen molar-refractivity contribution in [3.8, 4) is 17.6 Å². The summed E-state index contributed by atoms with van der Waals surface area (Å²) in [4.78, 5) is 0.507. The zero-order chi connectivity index (χ0) is 27.3. The lowest BCUT2D eigenvalue weighted by molar-refractivity contribution is -0.126. The van der Waals surface area contributed by atoms with Gasteiger partial charge in [0, 0.05) is 18.9 Å². The average molecular weight is 566 g/mol. The van der Waals surface area contributed by atoms with E-state index in [0.29, 0.717) is 27.6 Å². The zero-order valence-electron chi connectivity index (χ0n) is 21.2. The van der Waals surface area contributed by atoms with Crippen molar-refractivity contribution >= 4 is 42.6 Å². The minimum Gasteiger partial charge on any atom is -0.495 e. The molecule has 2 aromatic carbocycles. The van der Waals surface area contributed by atoms with E-state index >= 15 is 0 Å². The quantitative estimate of drug-likeness (QED) is 0.322. The summed E-state index contributed by atoms with van der Waals surface area (Å²) in [5.74, 6) is 6.71. The molecule has 3 N–H and O–H groups in total. The summed E-state index contributed by atoms with van der Waals surface area (Å²) in [7, 11) is -1.97. The van der Waals surface area contributed by atoms with Crippen molar-refractivity contribution in [3.63, 3.8) is 0 Å². The van der Waals surface area contributed by atoms with E-state index in [2.05, 4.69) is 27.8 Å². The molecule has 0 radical (unpaired) electrons. The summed E-state index contributed by atoms with van der Waals surface area (Å²) in [6.45, 7) is 2.87. The minimum absolute atomic E-state index is 0.123. The highest BCUT2D eigenvalue weighted by Gasteiger charge is 2.31. The van der Waals surface area contributed by atoms with Crippen LogP contribution in [-0.4, -0.2) is 54.1 Å². The van der Waals surface area contributed by atoms with Crippen LogP contribution in [0.3, 0.4) is 0 Å². The van der Waals surface area contributed by atoms with Gasteiger partial charge in [0.25, 0.3) is 0 Å². The van der Waals surface area contributed by atoms with Crippen molar-refractivity contribution in [3.05, 3.63) is 46.8 Å². The lowest BCUT2D eigenvalue weighted by atomic mass is 9.98. The van der Waals surface area contributed by atoms with Crippen LogP contribution in [0.4, 0.5) is 24.5 Å². The molecule has 0 atom stereocenters. The van der Waals surface area contributed by atoms with E-state index < -0.39 is 22.4 Å². The number of hydrogen-bond donors (Lipinski definition) is 3. The standard InChI is InChI=1S/C27H30F3N3O3S2/c1-36-24-15-19(38(2,34)35)8-9-22(24)32-12-4-7-25-21(16-27(28,29)30)20-5-3-6-23(26(20)37-25)33-17-18-10-13-31-14-11-18/h3,5-6,8-9,15,18,31-33H,10-14,16-17H2,1-2H3. The van der Waals surface area contributed by atoms with E-state index in [-0.39, 0.29) is 17.0 Å². The molecule has 3 aromatic rings. The van der Waals surface area contributed by atoms with Gasteiger partial charge in [0.15, 0.2) is 9.84 Å². The molecule has 11 heteroatoms. The largest absolute Gasteiger partial charge is 0.495 e. The highest BCUT2D eigenvalue weighted by atomic mass is 32.2. The molecule has 0 spiro atoms. The van der Waals surface area contributed by atoms with Gasteiger partial charge in [-0.25, -0.2) is 8.42 Å². The van der Waals surface area contributed by atoms with E-state index in [4.69, 9.17) is 4.74 Å². The Morgan fingerprint density at radius 3 is 2.58 bits per heavy atom. The number of thiophene rings is 1. The van der Waals surface area contributed by atoms with Crippen LogP contribution in [0.25, 0.3) is 10.1 Å². The molecule has 1 fully saturated rings. The smallest absolute Gasteiger partial charge is 0.393 e. The summed E-state index contributed by atoms with van der Waals surface area (Å²) < 4.78 is 70.1. The predicted octanol–water partition coefficient (Wildman–Crippen LogP) is 5.29. The Bertz CT molecular complexity index is 1450. The third-order valence-electron chi connectivity index (χ3n) is 6.41. The van der Waals surface area contributed by atoms with Gasteiger partial charge in [-0.2, -0.15) is 13.2 Å². The molecule has 0 saturated carbocycles. The molecule has 1 aliphatic rings. The number of sulfone groups is 1. The van der Waals surface area contributed by atoms with E-state index in [1.54, 1.807) is 18.2 Å². The predicted molar refractivity (Wildman–Crippen MR) is 147 cm³/mol. The van der Waals surface area contributed by atoms with E-state index in [1.165, 1.54) is 30.6 Å². The van der Waals surface area contributed by atoms with Crippen LogP contribution >= 0.6 is 11.3 Å². The van der Waals surface area contributed by atoms with Crippen LogP contribution in [0, 0.1) is 17.8 Å². The first-order chi connectivity index (χ1) is 18.0. The molecule has 0 amide bonds. The van der Waals surface area contributed by atoms with Crippen LogP contribution in [0.1, 0.15) is 23.3 Å². The first kappa shape index (κ1) is 28.1. The maximum absolute atomic E-state index is 13.5. The number of benzene rings is 2. The molecule has 4 rings (SSSR count). The minimum atomic E-state index is -4.37. The van der Waals surface area contributed by atoms with E-state index in [1.807, 2.05) is 6.07 Å². The number of nitrogens with one attached hydrogen (secondary N) is 3. The molecule has 38 heavy (non-hydrogen) atoms. The molecular formula is C27H30F3N3O3S2. The van der Waals surface area contributed by atoms with Crippen LogP contribution in [0.5, 0.6) is 5.75 Å². The van der Waals surface area contributed by atoms with Gasteiger partial charge in [-0.15, -0.1) is 11.3 Å². The number of piperidine rings is 1. The summed E-state index contributed by atoms with van der Waals surface area (Å²) in [5.41, 5.74) is 1.55. The number of fused-ring (bicyclic) bond motifs is 1. The fourth-order valence-electron chi connectivity index (χ4n) is 4.44. The summed E-state index contributed by atoms with van der Waals surface area (Å²) in [6, 6.07) is 9.86. The van der Waals surface area contributed by atoms with Crippen LogP contribution in [-0.2, 0) is 16.3 Å². The molecular weight excluding hydrogens is 535 g/mol.